The Morgan fingerprint density at radius 2 is 2.16 bits per heavy atom. The average Bonchev–Trinajstić information content (AvgIpc) is 3.00. The van der Waals surface area contributed by atoms with Gasteiger partial charge in [0, 0.05) is 28.5 Å². The third-order valence-corrected chi connectivity index (χ3v) is 6.10. The highest BCUT2D eigenvalue weighted by Gasteiger charge is 2.51. The van der Waals surface area contributed by atoms with E-state index in [1.54, 1.807) is 0 Å². The fraction of sp³-hybridized carbons (Fsp3) is 0.533. The first-order valence-corrected chi connectivity index (χ1v) is 7.86. The SMILES string of the molecule is N=Cc1c(N)cc(Br)c2c1[C@H]1[C@@H]3CC[C@@H](C3)[C@H]1CN2. The normalized spacial score (nSPS) is 34.6. The number of nitrogen functional groups attached to an aromatic ring is 1. The molecule has 4 rings (SSSR count). The van der Waals surface area contributed by atoms with Crippen molar-refractivity contribution in [3.8, 4) is 0 Å². The van der Waals surface area contributed by atoms with Crippen LogP contribution in [0, 0.1) is 23.2 Å². The van der Waals surface area contributed by atoms with E-state index in [0.29, 0.717) is 5.92 Å². The highest BCUT2D eigenvalue weighted by molar-refractivity contribution is 9.10. The molecule has 0 spiro atoms. The Hall–Kier alpha value is -1.03. The first kappa shape index (κ1) is 11.8. The lowest BCUT2D eigenvalue weighted by Gasteiger charge is -2.39. The highest BCUT2D eigenvalue weighted by Crippen LogP contribution is 2.60. The molecule has 4 atom stereocenters. The molecule has 2 fully saturated rings. The Balaban J connectivity index is 1.94. The summed E-state index contributed by atoms with van der Waals surface area (Å²) in [5.74, 6) is 3.06. The first-order valence-electron chi connectivity index (χ1n) is 7.07. The summed E-state index contributed by atoms with van der Waals surface area (Å²) >= 11 is 3.63. The molecule has 3 nitrogen and oxygen atoms in total. The lowest BCUT2D eigenvalue weighted by molar-refractivity contribution is 0.294. The van der Waals surface area contributed by atoms with Crippen LogP contribution < -0.4 is 11.1 Å². The molecule has 1 aliphatic heterocycles. The third kappa shape index (κ3) is 1.46. The van der Waals surface area contributed by atoms with Gasteiger partial charge in [-0.15, -0.1) is 0 Å². The smallest absolute Gasteiger partial charge is 0.0528 e. The molecule has 3 aliphatic rings. The molecule has 4 N–H and O–H groups in total. The molecule has 0 amide bonds. The van der Waals surface area contributed by atoms with Crippen molar-refractivity contribution in [2.24, 2.45) is 17.8 Å². The first-order chi connectivity index (χ1) is 9.20. The number of hydrogen-bond acceptors (Lipinski definition) is 3. The molecule has 0 aromatic heterocycles. The van der Waals surface area contributed by atoms with Gasteiger partial charge >= 0.3 is 0 Å². The van der Waals surface area contributed by atoms with Gasteiger partial charge in [-0.25, -0.2) is 0 Å². The molecule has 2 saturated carbocycles. The van der Waals surface area contributed by atoms with Gasteiger partial charge in [-0.05, 0) is 70.5 Å². The number of nitrogens with two attached hydrogens (primary N) is 1. The van der Waals surface area contributed by atoms with E-state index in [1.165, 1.54) is 36.7 Å². The minimum absolute atomic E-state index is 0.617. The summed E-state index contributed by atoms with van der Waals surface area (Å²) in [5.41, 5.74) is 10.3. The van der Waals surface area contributed by atoms with Gasteiger partial charge in [-0.1, -0.05) is 0 Å². The van der Waals surface area contributed by atoms with Crippen LogP contribution in [0.15, 0.2) is 10.5 Å². The van der Waals surface area contributed by atoms with Crippen LogP contribution in [0.3, 0.4) is 0 Å². The number of nitrogens with one attached hydrogen (secondary N) is 2. The van der Waals surface area contributed by atoms with Crippen LogP contribution >= 0.6 is 15.9 Å². The van der Waals surface area contributed by atoms with Gasteiger partial charge in [0.1, 0.15) is 0 Å². The Kier molecular flexibility index (Phi) is 2.47. The average molecular weight is 320 g/mol. The van der Waals surface area contributed by atoms with Crippen LogP contribution in [0.5, 0.6) is 0 Å². The molecule has 100 valence electrons. The predicted molar refractivity (Wildman–Crippen MR) is 82.0 cm³/mol. The van der Waals surface area contributed by atoms with Crippen LogP contribution in [0.1, 0.15) is 36.3 Å². The second-order valence-electron chi connectivity index (χ2n) is 6.20. The Morgan fingerprint density at radius 1 is 1.37 bits per heavy atom. The fourth-order valence-corrected chi connectivity index (χ4v) is 5.37. The van der Waals surface area contributed by atoms with Crippen LogP contribution in [0.4, 0.5) is 11.4 Å². The van der Waals surface area contributed by atoms with Gasteiger partial charge in [0.25, 0.3) is 0 Å². The zero-order chi connectivity index (χ0) is 13.1. The summed E-state index contributed by atoms with van der Waals surface area (Å²) in [4.78, 5) is 0. The molecule has 4 heteroatoms. The van der Waals surface area contributed by atoms with E-state index >= 15 is 0 Å². The predicted octanol–water partition coefficient (Wildman–Crippen LogP) is 3.58. The van der Waals surface area contributed by atoms with E-state index in [0.717, 1.165) is 40.0 Å². The molecular formula is C15H18BrN3. The molecule has 19 heavy (non-hydrogen) atoms. The van der Waals surface area contributed by atoms with E-state index in [1.807, 2.05) is 6.07 Å². The summed E-state index contributed by atoms with van der Waals surface area (Å²) in [6, 6.07) is 1.93. The molecular weight excluding hydrogens is 302 g/mol. The minimum atomic E-state index is 0.617. The number of hydrogen-bond donors (Lipinski definition) is 3. The van der Waals surface area contributed by atoms with E-state index in [-0.39, 0.29) is 0 Å². The maximum absolute atomic E-state index is 7.73. The Bertz CT molecular complexity index is 569. The summed E-state index contributed by atoms with van der Waals surface area (Å²) in [6.07, 6.45) is 5.57. The Labute approximate surface area is 121 Å². The number of rotatable bonds is 1. The lowest BCUT2D eigenvalue weighted by Crippen LogP contribution is -2.33. The van der Waals surface area contributed by atoms with Crippen molar-refractivity contribution in [2.75, 3.05) is 17.6 Å². The Morgan fingerprint density at radius 3 is 2.95 bits per heavy atom. The van der Waals surface area contributed by atoms with E-state index in [4.69, 9.17) is 11.1 Å². The second-order valence-corrected chi connectivity index (χ2v) is 7.05. The molecule has 1 aromatic carbocycles. The molecule has 1 heterocycles. The number of anilines is 2. The minimum Gasteiger partial charge on any atom is -0.398 e. The van der Waals surface area contributed by atoms with Crippen molar-refractivity contribution in [1.82, 2.24) is 0 Å². The largest absolute Gasteiger partial charge is 0.398 e. The molecule has 0 saturated heterocycles. The van der Waals surface area contributed by atoms with Crippen molar-refractivity contribution >= 4 is 33.5 Å². The van der Waals surface area contributed by atoms with Crippen LogP contribution in [-0.4, -0.2) is 12.8 Å². The van der Waals surface area contributed by atoms with Crippen molar-refractivity contribution in [3.05, 3.63) is 21.7 Å². The van der Waals surface area contributed by atoms with Gasteiger partial charge in [0.2, 0.25) is 0 Å². The fourth-order valence-electron chi connectivity index (χ4n) is 4.77. The van der Waals surface area contributed by atoms with Crippen molar-refractivity contribution in [2.45, 2.75) is 25.2 Å². The van der Waals surface area contributed by atoms with E-state index < -0.39 is 0 Å². The van der Waals surface area contributed by atoms with Gasteiger partial charge in [-0.3, -0.25) is 0 Å². The van der Waals surface area contributed by atoms with Crippen LogP contribution in [0.25, 0.3) is 0 Å². The van der Waals surface area contributed by atoms with Crippen molar-refractivity contribution < 1.29 is 0 Å². The third-order valence-electron chi connectivity index (χ3n) is 5.47. The summed E-state index contributed by atoms with van der Waals surface area (Å²) < 4.78 is 1.05. The molecule has 1 aromatic rings. The highest BCUT2D eigenvalue weighted by atomic mass is 79.9. The quantitative estimate of drug-likeness (QED) is 0.547. The van der Waals surface area contributed by atoms with Crippen molar-refractivity contribution in [1.29, 1.82) is 5.41 Å². The van der Waals surface area contributed by atoms with E-state index in [9.17, 15) is 0 Å². The van der Waals surface area contributed by atoms with Gasteiger partial charge < -0.3 is 16.5 Å². The monoisotopic (exact) mass is 319 g/mol. The number of halogens is 1. The summed E-state index contributed by atoms with van der Waals surface area (Å²) in [6.45, 7) is 1.08. The standard InChI is InChI=1S/C15H18BrN3/c16-11-4-12(18)9(5-17)14-13-8-2-1-7(3-8)10(13)6-19-15(11)14/h4-5,7-8,10,13,17,19H,1-3,6,18H2/t7-,8+,10+,13-/m0/s1. The molecule has 0 unspecified atom stereocenters. The maximum Gasteiger partial charge on any atom is 0.0528 e. The molecule has 2 aliphatic carbocycles. The maximum atomic E-state index is 7.73. The van der Waals surface area contributed by atoms with Gasteiger partial charge in [0.15, 0.2) is 0 Å². The number of fused-ring (bicyclic) bond motifs is 7. The molecule has 0 radical (unpaired) electrons. The zero-order valence-electron chi connectivity index (χ0n) is 10.7. The van der Waals surface area contributed by atoms with Crippen molar-refractivity contribution in [3.63, 3.8) is 0 Å². The lowest BCUT2D eigenvalue weighted by atomic mass is 9.71. The molecule has 2 bridgehead atoms. The number of benzene rings is 1. The summed E-state index contributed by atoms with van der Waals surface area (Å²) in [7, 11) is 0. The van der Waals surface area contributed by atoms with E-state index in [2.05, 4.69) is 21.2 Å². The van der Waals surface area contributed by atoms with Crippen LogP contribution in [0.2, 0.25) is 0 Å². The van der Waals surface area contributed by atoms with Crippen LogP contribution in [-0.2, 0) is 0 Å². The zero-order valence-corrected chi connectivity index (χ0v) is 12.3. The van der Waals surface area contributed by atoms with Gasteiger partial charge in [-0.2, -0.15) is 0 Å². The second kappa shape index (κ2) is 3.98. The topological polar surface area (TPSA) is 61.9 Å². The summed E-state index contributed by atoms with van der Waals surface area (Å²) in [5, 5.41) is 11.3. The van der Waals surface area contributed by atoms with Gasteiger partial charge in [0.05, 0.1) is 5.69 Å².